The van der Waals surface area contributed by atoms with Gasteiger partial charge in [-0.3, -0.25) is 0 Å². The molecule has 7 aromatic rings. The van der Waals surface area contributed by atoms with Gasteiger partial charge in [-0.25, -0.2) is 0 Å². The number of aryl methyl sites for hydroxylation is 1. The van der Waals surface area contributed by atoms with Gasteiger partial charge < -0.3 is 14.4 Å². The molecule has 0 atom stereocenters. The van der Waals surface area contributed by atoms with Gasteiger partial charge in [0.15, 0.2) is 0 Å². The molecular weight excluding hydrogens is 557 g/mol. The maximum Gasteiger partial charge on any atom is 0.260 e. The Morgan fingerprint density at radius 3 is 1.91 bits per heavy atom. The van der Waals surface area contributed by atoms with Gasteiger partial charge >= 0.3 is 0 Å². The van der Waals surface area contributed by atoms with Crippen LogP contribution < -0.4 is 30.8 Å². The van der Waals surface area contributed by atoms with Crippen molar-refractivity contribution in [1.29, 1.82) is 0 Å². The van der Waals surface area contributed by atoms with Crippen LogP contribution in [0.2, 0.25) is 0 Å². The van der Waals surface area contributed by atoms with Crippen molar-refractivity contribution >= 4 is 61.6 Å². The minimum atomic E-state index is 0.0406. The molecule has 3 nitrogen and oxygen atoms in total. The van der Waals surface area contributed by atoms with Crippen LogP contribution in [-0.4, -0.2) is 6.71 Å². The molecule has 208 valence electrons. The van der Waals surface area contributed by atoms with E-state index in [0.29, 0.717) is 0 Å². The van der Waals surface area contributed by atoms with Crippen LogP contribution in [0.4, 0.5) is 17.1 Å². The summed E-state index contributed by atoms with van der Waals surface area (Å²) in [6.45, 7) is 2.17. The fraction of sp³-hybridized carbons (Fsp3) is 0.0256. The Morgan fingerprint density at radius 2 is 1.23 bits per heavy atom. The van der Waals surface area contributed by atoms with E-state index in [1.54, 1.807) is 11.3 Å². The average Bonchev–Trinajstić information content (AvgIpc) is 3.55. The van der Waals surface area contributed by atoms with Crippen LogP contribution in [0.25, 0.3) is 21.2 Å². The van der Waals surface area contributed by atoms with Crippen molar-refractivity contribution in [2.24, 2.45) is 0 Å². The number of fused-ring (bicyclic) bond motifs is 5. The molecule has 0 bridgehead atoms. The van der Waals surface area contributed by atoms with Crippen molar-refractivity contribution in [3.8, 4) is 34.1 Å². The molecule has 0 fully saturated rings. The lowest BCUT2D eigenvalue weighted by atomic mass is 9.35. The molecule has 0 unspecified atom stereocenters. The molecule has 2 aliphatic heterocycles. The number of hydrogen-bond acceptors (Lipinski definition) is 4. The number of thiophene rings is 1. The largest absolute Gasteiger partial charge is 0.458 e. The van der Waals surface area contributed by atoms with Gasteiger partial charge in [-0.05, 0) is 71.3 Å². The zero-order valence-corrected chi connectivity index (χ0v) is 24.8. The highest BCUT2D eigenvalue weighted by Gasteiger charge is 2.40. The molecule has 0 saturated carbocycles. The number of para-hydroxylation sites is 2. The molecule has 0 radical (unpaired) electrons. The molecule has 0 N–H and O–H groups in total. The minimum Gasteiger partial charge on any atom is -0.458 e. The first-order chi connectivity index (χ1) is 21.7. The number of hydrogen-bond donors (Lipinski definition) is 0. The van der Waals surface area contributed by atoms with E-state index in [1.807, 2.05) is 12.1 Å². The number of anilines is 3. The van der Waals surface area contributed by atoms with E-state index >= 15 is 0 Å². The Hall–Kier alpha value is -5.26. The Morgan fingerprint density at radius 1 is 0.591 bits per heavy atom. The lowest BCUT2D eigenvalue weighted by molar-refractivity contribution is 0.465. The van der Waals surface area contributed by atoms with Crippen LogP contribution >= 0.6 is 11.3 Å². The monoisotopic (exact) mass is 583 g/mol. The summed E-state index contributed by atoms with van der Waals surface area (Å²) in [6.07, 6.45) is 0. The van der Waals surface area contributed by atoms with E-state index in [4.69, 9.17) is 9.47 Å². The maximum absolute atomic E-state index is 6.69. The predicted molar refractivity (Wildman–Crippen MR) is 184 cm³/mol. The third-order valence-corrected chi connectivity index (χ3v) is 9.63. The summed E-state index contributed by atoms with van der Waals surface area (Å²) in [5.74, 6) is 3.42. The van der Waals surface area contributed by atoms with E-state index in [2.05, 4.69) is 139 Å². The molecule has 44 heavy (non-hydrogen) atoms. The van der Waals surface area contributed by atoms with E-state index in [-0.39, 0.29) is 6.71 Å². The zero-order chi connectivity index (χ0) is 29.2. The van der Waals surface area contributed by atoms with Gasteiger partial charge in [-0.15, -0.1) is 11.3 Å². The van der Waals surface area contributed by atoms with Crippen molar-refractivity contribution in [2.75, 3.05) is 4.90 Å². The molecule has 5 heteroatoms. The van der Waals surface area contributed by atoms with Crippen molar-refractivity contribution in [3.05, 3.63) is 144 Å². The summed E-state index contributed by atoms with van der Waals surface area (Å²) in [5.41, 5.74) is 10.1. The normalized spacial score (nSPS) is 12.5. The Kier molecular flexibility index (Phi) is 5.68. The van der Waals surface area contributed by atoms with Crippen molar-refractivity contribution in [3.63, 3.8) is 0 Å². The summed E-state index contributed by atoms with van der Waals surface area (Å²) in [4.78, 5) is 2.35. The Labute approximate surface area is 260 Å². The first-order valence-electron chi connectivity index (χ1n) is 14.9. The summed E-state index contributed by atoms with van der Waals surface area (Å²) >= 11 is 1.77. The summed E-state index contributed by atoms with van der Waals surface area (Å²) < 4.78 is 14.6. The van der Waals surface area contributed by atoms with Crippen LogP contribution in [0.1, 0.15) is 5.56 Å². The van der Waals surface area contributed by atoms with Gasteiger partial charge in [-0.2, -0.15) is 0 Å². The number of benzene rings is 6. The lowest BCUT2D eigenvalue weighted by Gasteiger charge is -2.35. The summed E-state index contributed by atoms with van der Waals surface area (Å²) in [6, 6.07) is 47.3. The first-order valence-corrected chi connectivity index (χ1v) is 15.7. The smallest absolute Gasteiger partial charge is 0.260 e. The molecule has 9 rings (SSSR count). The molecule has 1 aromatic heterocycles. The molecule has 6 aromatic carbocycles. The summed E-state index contributed by atoms with van der Waals surface area (Å²) in [5, 5.41) is 3.42. The molecule has 0 spiro atoms. The van der Waals surface area contributed by atoms with Crippen LogP contribution in [0.5, 0.6) is 23.0 Å². The first kappa shape index (κ1) is 25.3. The number of nitrogens with zero attached hydrogens (tertiary/aromatic N) is 1. The predicted octanol–water partition coefficient (Wildman–Crippen LogP) is 9.07. The lowest BCUT2D eigenvalue weighted by Crippen LogP contribution is -2.57. The highest BCUT2D eigenvalue weighted by Crippen LogP contribution is 2.47. The third kappa shape index (κ3) is 3.90. The van der Waals surface area contributed by atoms with E-state index in [0.717, 1.165) is 56.4 Å². The molecule has 2 aliphatic rings. The molecule has 0 saturated heterocycles. The zero-order valence-electron chi connectivity index (χ0n) is 24.0. The Bertz CT molecular complexity index is 2140. The summed E-state index contributed by atoms with van der Waals surface area (Å²) in [7, 11) is 0. The van der Waals surface area contributed by atoms with Crippen molar-refractivity contribution in [2.45, 2.75) is 6.92 Å². The Balaban J connectivity index is 1.32. The fourth-order valence-electron chi connectivity index (χ4n) is 6.76. The fourth-order valence-corrected chi connectivity index (χ4v) is 7.55. The topological polar surface area (TPSA) is 21.7 Å². The van der Waals surface area contributed by atoms with Crippen LogP contribution in [0.15, 0.2) is 139 Å². The van der Waals surface area contributed by atoms with Crippen LogP contribution in [-0.2, 0) is 0 Å². The van der Waals surface area contributed by atoms with Crippen LogP contribution in [0, 0.1) is 6.92 Å². The van der Waals surface area contributed by atoms with Gasteiger partial charge in [0.1, 0.15) is 23.0 Å². The SMILES string of the molecule is Cc1ccc(N(c2cc3c4c(c2)Oc2ccccc2B4c2ccccc2O3)c2ccc3sccc3c2-c2ccccc2)cc1. The van der Waals surface area contributed by atoms with Gasteiger partial charge in [0.05, 0.1) is 11.4 Å². The molecule has 3 heterocycles. The van der Waals surface area contributed by atoms with Gasteiger partial charge in [0.25, 0.3) is 6.71 Å². The average molecular weight is 584 g/mol. The van der Waals surface area contributed by atoms with E-state index in [1.165, 1.54) is 26.8 Å². The van der Waals surface area contributed by atoms with Gasteiger partial charge in [0, 0.05) is 38.9 Å². The second-order valence-corrected chi connectivity index (χ2v) is 12.3. The van der Waals surface area contributed by atoms with E-state index in [9.17, 15) is 0 Å². The van der Waals surface area contributed by atoms with Gasteiger partial charge in [0.2, 0.25) is 0 Å². The highest BCUT2D eigenvalue weighted by molar-refractivity contribution is 7.17. The molecule has 0 amide bonds. The van der Waals surface area contributed by atoms with Gasteiger partial charge in [-0.1, -0.05) is 84.4 Å². The van der Waals surface area contributed by atoms with Crippen LogP contribution in [0.3, 0.4) is 0 Å². The highest BCUT2D eigenvalue weighted by atomic mass is 32.1. The second-order valence-electron chi connectivity index (χ2n) is 11.4. The number of rotatable bonds is 4. The molecular formula is C39H26BNO2S. The number of ether oxygens (including phenoxy) is 2. The molecule has 0 aliphatic carbocycles. The minimum absolute atomic E-state index is 0.0406. The maximum atomic E-state index is 6.69. The standard InChI is InChI=1S/C39H26BNO2S/c1-25-15-17-27(18-16-25)41(32-19-20-37-29(21-22-44-37)38(32)26-9-3-2-4-10-26)28-23-35-39-36(24-28)43-34-14-8-6-12-31(34)40(39)30-11-5-7-13-33(30)42-35/h2-24H,1H3. The van der Waals surface area contributed by atoms with Crippen molar-refractivity contribution in [1.82, 2.24) is 0 Å². The second kappa shape index (κ2) is 9.90. The van der Waals surface area contributed by atoms with Crippen molar-refractivity contribution < 1.29 is 9.47 Å². The van der Waals surface area contributed by atoms with E-state index < -0.39 is 0 Å². The third-order valence-electron chi connectivity index (χ3n) is 8.74. The quantitative estimate of drug-likeness (QED) is 0.193.